The summed E-state index contributed by atoms with van der Waals surface area (Å²) < 4.78 is 27.9. The number of hydrogen-bond acceptors (Lipinski definition) is 4. The molecule has 0 saturated carbocycles. The molecule has 0 radical (unpaired) electrons. The minimum atomic E-state index is -3.73. The Hall–Kier alpha value is -1.44. The van der Waals surface area contributed by atoms with Gasteiger partial charge in [-0.1, -0.05) is 19.1 Å². The summed E-state index contributed by atoms with van der Waals surface area (Å²) in [7, 11) is -3.73. The molecule has 0 bridgehead atoms. The van der Waals surface area contributed by atoms with Crippen molar-refractivity contribution in [2.24, 2.45) is 11.1 Å². The number of rotatable bonds is 4. The molecule has 1 aliphatic heterocycles. The zero-order chi connectivity index (χ0) is 14.8. The SMILES string of the molecule is CC1CCOC1C(=O)NCc1cccc(S(N)(=O)=O)c1. The lowest BCUT2D eigenvalue weighted by molar-refractivity contribution is -0.131. The topological polar surface area (TPSA) is 98.5 Å². The van der Waals surface area contributed by atoms with E-state index in [1.54, 1.807) is 12.1 Å². The summed E-state index contributed by atoms with van der Waals surface area (Å²) >= 11 is 0. The molecule has 20 heavy (non-hydrogen) atoms. The summed E-state index contributed by atoms with van der Waals surface area (Å²) in [5.74, 6) is 0.0294. The molecule has 1 saturated heterocycles. The predicted octanol–water partition coefficient (Wildman–Crippen LogP) is 0.375. The van der Waals surface area contributed by atoms with Crippen molar-refractivity contribution in [3.63, 3.8) is 0 Å². The highest BCUT2D eigenvalue weighted by Gasteiger charge is 2.30. The summed E-state index contributed by atoms with van der Waals surface area (Å²) in [4.78, 5) is 12.0. The number of benzene rings is 1. The highest BCUT2D eigenvalue weighted by molar-refractivity contribution is 7.89. The molecule has 1 fully saturated rings. The van der Waals surface area contributed by atoms with Gasteiger partial charge in [0.25, 0.3) is 0 Å². The largest absolute Gasteiger partial charge is 0.368 e. The number of sulfonamides is 1. The second kappa shape index (κ2) is 5.90. The van der Waals surface area contributed by atoms with Crippen LogP contribution < -0.4 is 10.5 Å². The molecular weight excluding hydrogens is 280 g/mol. The Morgan fingerprint density at radius 2 is 2.25 bits per heavy atom. The van der Waals surface area contributed by atoms with Crippen molar-refractivity contribution >= 4 is 15.9 Å². The monoisotopic (exact) mass is 298 g/mol. The molecule has 1 heterocycles. The minimum Gasteiger partial charge on any atom is -0.368 e. The second-order valence-corrected chi connectivity index (χ2v) is 6.53. The van der Waals surface area contributed by atoms with Crippen LogP contribution in [0.15, 0.2) is 29.2 Å². The number of nitrogens with one attached hydrogen (secondary N) is 1. The first-order valence-corrected chi connectivity index (χ1v) is 7.93. The van der Waals surface area contributed by atoms with Crippen LogP contribution in [0, 0.1) is 5.92 Å². The van der Waals surface area contributed by atoms with Crippen LogP contribution in [0.5, 0.6) is 0 Å². The van der Waals surface area contributed by atoms with Crippen LogP contribution in [0.2, 0.25) is 0 Å². The van der Waals surface area contributed by atoms with Crippen LogP contribution in [-0.4, -0.2) is 27.0 Å². The van der Waals surface area contributed by atoms with Gasteiger partial charge in [-0.25, -0.2) is 13.6 Å². The van der Waals surface area contributed by atoms with E-state index < -0.39 is 16.1 Å². The molecule has 1 aliphatic rings. The summed E-state index contributed by atoms with van der Waals surface area (Å²) in [5, 5.41) is 7.81. The lowest BCUT2D eigenvalue weighted by Gasteiger charge is -2.14. The van der Waals surface area contributed by atoms with E-state index in [0.717, 1.165) is 6.42 Å². The van der Waals surface area contributed by atoms with Gasteiger partial charge in [0.05, 0.1) is 4.90 Å². The average molecular weight is 298 g/mol. The van der Waals surface area contributed by atoms with Crippen LogP contribution in [0.4, 0.5) is 0 Å². The molecule has 2 unspecified atom stereocenters. The fourth-order valence-electron chi connectivity index (χ4n) is 2.15. The molecule has 2 atom stereocenters. The van der Waals surface area contributed by atoms with Crippen LogP contribution in [0.1, 0.15) is 18.9 Å². The van der Waals surface area contributed by atoms with Crippen molar-refractivity contribution in [3.8, 4) is 0 Å². The molecule has 0 aromatic heterocycles. The first kappa shape index (κ1) is 15.0. The van der Waals surface area contributed by atoms with Crippen molar-refractivity contribution in [2.75, 3.05) is 6.61 Å². The van der Waals surface area contributed by atoms with E-state index in [4.69, 9.17) is 9.88 Å². The zero-order valence-corrected chi connectivity index (χ0v) is 12.0. The number of primary sulfonamides is 1. The number of amides is 1. The van der Waals surface area contributed by atoms with E-state index in [-0.39, 0.29) is 23.3 Å². The van der Waals surface area contributed by atoms with Gasteiger partial charge in [0.2, 0.25) is 15.9 Å². The third-order valence-corrected chi connectivity index (χ3v) is 4.25. The lowest BCUT2D eigenvalue weighted by Crippen LogP contribution is -2.36. The summed E-state index contributed by atoms with van der Waals surface area (Å²) in [6.45, 7) is 2.81. The molecule has 1 aromatic carbocycles. The molecule has 1 amide bonds. The number of hydrogen-bond donors (Lipinski definition) is 2. The predicted molar refractivity (Wildman–Crippen MR) is 73.2 cm³/mol. The molecule has 0 spiro atoms. The van der Waals surface area contributed by atoms with Crippen LogP contribution in [-0.2, 0) is 26.1 Å². The maximum Gasteiger partial charge on any atom is 0.249 e. The van der Waals surface area contributed by atoms with E-state index in [9.17, 15) is 13.2 Å². The standard InChI is InChI=1S/C13H18N2O4S/c1-9-5-6-19-12(9)13(16)15-8-10-3-2-4-11(7-10)20(14,17)18/h2-4,7,9,12H,5-6,8H2,1H3,(H,15,16)(H2,14,17,18). The third kappa shape index (κ3) is 3.56. The fraction of sp³-hybridized carbons (Fsp3) is 0.462. The van der Waals surface area contributed by atoms with Crippen molar-refractivity contribution in [3.05, 3.63) is 29.8 Å². The van der Waals surface area contributed by atoms with Crippen molar-refractivity contribution in [1.29, 1.82) is 0 Å². The van der Waals surface area contributed by atoms with Crippen molar-refractivity contribution in [2.45, 2.75) is 30.9 Å². The van der Waals surface area contributed by atoms with E-state index in [2.05, 4.69) is 5.32 Å². The molecular formula is C13H18N2O4S. The smallest absolute Gasteiger partial charge is 0.249 e. The first-order valence-electron chi connectivity index (χ1n) is 6.39. The molecule has 0 aliphatic carbocycles. The maximum atomic E-state index is 11.9. The minimum absolute atomic E-state index is 0.0368. The zero-order valence-electron chi connectivity index (χ0n) is 11.2. The van der Waals surface area contributed by atoms with Gasteiger partial charge in [0.15, 0.2) is 0 Å². The van der Waals surface area contributed by atoms with E-state index in [1.807, 2.05) is 6.92 Å². The van der Waals surface area contributed by atoms with Gasteiger partial charge in [0, 0.05) is 13.2 Å². The highest BCUT2D eigenvalue weighted by Crippen LogP contribution is 2.20. The maximum absolute atomic E-state index is 11.9. The van der Waals surface area contributed by atoms with Gasteiger partial charge in [0.1, 0.15) is 6.10 Å². The Kier molecular flexibility index (Phi) is 4.42. The molecule has 7 heteroatoms. The van der Waals surface area contributed by atoms with Crippen molar-refractivity contribution < 1.29 is 17.9 Å². The number of carbonyl (C=O) groups excluding carboxylic acids is 1. The van der Waals surface area contributed by atoms with Gasteiger partial charge in [-0.3, -0.25) is 4.79 Å². The highest BCUT2D eigenvalue weighted by atomic mass is 32.2. The normalized spacial score (nSPS) is 22.7. The van der Waals surface area contributed by atoms with Gasteiger partial charge in [-0.05, 0) is 30.0 Å². The van der Waals surface area contributed by atoms with Gasteiger partial charge < -0.3 is 10.1 Å². The Bertz CT molecular complexity index is 600. The third-order valence-electron chi connectivity index (χ3n) is 3.34. The molecule has 110 valence electrons. The average Bonchev–Trinajstić information content (AvgIpc) is 2.82. The van der Waals surface area contributed by atoms with Crippen molar-refractivity contribution in [1.82, 2.24) is 5.32 Å². The van der Waals surface area contributed by atoms with E-state index in [1.165, 1.54) is 12.1 Å². The second-order valence-electron chi connectivity index (χ2n) is 4.97. The Balaban J connectivity index is 1.99. The molecule has 6 nitrogen and oxygen atoms in total. The van der Waals surface area contributed by atoms with Gasteiger partial charge >= 0.3 is 0 Å². The Labute approximate surface area is 118 Å². The fourth-order valence-corrected chi connectivity index (χ4v) is 2.74. The van der Waals surface area contributed by atoms with Crippen LogP contribution >= 0.6 is 0 Å². The summed E-state index contributed by atoms with van der Waals surface area (Å²) in [5.41, 5.74) is 0.676. The quantitative estimate of drug-likeness (QED) is 0.839. The Morgan fingerprint density at radius 1 is 1.50 bits per heavy atom. The number of carbonyl (C=O) groups is 1. The summed E-state index contributed by atoms with van der Waals surface area (Å²) in [6.07, 6.45) is 0.454. The van der Waals surface area contributed by atoms with Crippen LogP contribution in [0.25, 0.3) is 0 Å². The number of ether oxygens (including phenoxy) is 1. The van der Waals surface area contributed by atoms with E-state index in [0.29, 0.717) is 12.2 Å². The summed E-state index contributed by atoms with van der Waals surface area (Å²) in [6, 6.07) is 6.20. The van der Waals surface area contributed by atoms with Crippen LogP contribution in [0.3, 0.4) is 0 Å². The van der Waals surface area contributed by atoms with Gasteiger partial charge in [-0.15, -0.1) is 0 Å². The first-order chi connectivity index (χ1) is 9.38. The molecule has 3 N–H and O–H groups in total. The lowest BCUT2D eigenvalue weighted by atomic mass is 10.0. The molecule has 2 rings (SSSR count). The van der Waals surface area contributed by atoms with E-state index >= 15 is 0 Å². The Morgan fingerprint density at radius 3 is 2.85 bits per heavy atom. The number of nitrogens with two attached hydrogens (primary N) is 1. The van der Waals surface area contributed by atoms with Gasteiger partial charge in [-0.2, -0.15) is 0 Å². The molecule has 1 aromatic rings.